The predicted molar refractivity (Wildman–Crippen MR) is 61.6 cm³/mol. The fraction of sp³-hybridized carbons (Fsp3) is 0.692. The van der Waals surface area contributed by atoms with Crippen LogP contribution in [0, 0.1) is 5.92 Å². The first kappa shape index (κ1) is 10.7. The average Bonchev–Trinajstić information content (AvgIpc) is 2.67. The van der Waals surface area contributed by atoms with E-state index in [-0.39, 0.29) is 0 Å². The van der Waals surface area contributed by atoms with Gasteiger partial charge in [-0.2, -0.15) is 0 Å². The highest BCUT2D eigenvalue weighted by Crippen LogP contribution is 2.23. The lowest BCUT2D eigenvalue weighted by molar-refractivity contribution is 0.355. The molecule has 1 N–H and O–H groups in total. The first-order valence-electron chi connectivity index (χ1n) is 6.11. The fourth-order valence-corrected chi connectivity index (χ4v) is 2.44. The summed E-state index contributed by atoms with van der Waals surface area (Å²) in [5.41, 5.74) is 1.26. The van der Waals surface area contributed by atoms with Gasteiger partial charge in [-0.05, 0) is 24.8 Å². The summed E-state index contributed by atoms with van der Waals surface area (Å²) in [6.07, 6.45) is 10.5. The van der Waals surface area contributed by atoms with Crippen molar-refractivity contribution in [2.45, 2.75) is 51.6 Å². The molecule has 0 amide bonds. The summed E-state index contributed by atoms with van der Waals surface area (Å²) in [6, 6.07) is 2.73. The van der Waals surface area contributed by atoms with Crippen molar-refractivity contribution >= 4 is 0 Å². The third-order valence-corrected chi connectivity index (χ3v) is 3.51. The van der Waals surface area contributed by atoms with Crippen molar-refractivity contribution in [3.05, 3.63) is 24.2 Å². The van der Waals surface area contributed by atoms with E-state index < -0.39 is 0 Å². The molecule has 2 atom stereocenters. The number of nitrogens with one attached hydrogen (secondary N) is 1. The molecule has 15 heavy (non-hydrogen) atoms. The molecule has 1 aliphatic carbocycles. The van der Waals surface area contributed by atoms with Crippen molar-refractivity contribution in [3.8, 4) is 0 Å². The molecule has 1 aromatic rings. The van der Waals surface area contributed by atoms with Crippen LogP contribution in [0.2, 0.25) is 0 Å². The van der Waals surface area contributed by atoms with E-state index >= 15 is 0 Å². The van der Waals surface area contributed by atoms with Crippen molar-refractivity contribution in [1.29, 1.82) is 0 Å². The van der Waals surface area contributed by atoms with Crippen LogP contribution in [-0.2, 0) is 6.54 Å². The lowest BCUT2D eigenvalue weighted by Gasteiger charge is -2.22. The van der Waals surface area contributed by atoms with Crippen LogP contribution in [0.25, 0.3) is 0 Å². The molecule has 0 aromatic carbocycles. The molecule has 0 spiro atoms. The minimum absolute atomic E-state index is 0.697. The summed E-state index contributed by atoms with van der Waals surface area (Å²) in [5.74, 6) is 0.819. The molecular weight excluding hydrogens is 186 g/mol. The maximum absolute atomic E-state index is 5.07. The molecule has 2 nitrogen and oxygen atoms in total. The standard InChI is InChI=1S/C13H21NO/c1-11-5-3-2-4-6-13(11)14-9-12-7-8-15-10-12/h7-8,10-11,13-14H,2-6,9H2,1H3. The van der Waals surface area contributed by atoms with Crippen LogP contribution < -0.4 is 5.32 Å². The second kappa shape index (κ2) is 5.36. The Morgan fingerprint density at radius 2 is 2.20 bits per heavy atom. The highest BCUT2D eigenvalue weighted by atomic mass is 16.3. The zero-order chi connectivity index (χ0) is 10.5. The Labute approximate surface area is 92.1 Å². The molecule has 2 rings (SSSR count). The molecule has 2 heteroatoms. The molecule has 1 aliphatic rings. The van der Waals surface area contributed by atoms with Crippen LogP contribution in [0.1, 0.15) is 44.6 Å². The van der Waals surface area contributed by atoms with Gasteiger partial charge in [0, 0.05) is 18.2 Å². The SMILES string of the molecule is CC1CCCCCC1NCc1ccoc1. The van der Waals surface area contributed by atoms with Crippen molar-refractivity contribution in [3.63, 3.8) is 0 Å². The van der Waals surface area contributed by atoms with Gasteiger partial charge in [0.15, 0.2) is 0 Å². The van der Waals surface area contributed by atoms with Gasteiger partial charge in [0.1, 0.15) is 0 Å². The second-order valence-corrected chi connectivity index (χ2v) is 4.73. The monoisotopic (exact) mass is 207 g/mol. The third-order valence-electron chi connectivity index (χ3n) is 3.51. The molecule has 1 aromatic heterocycles. The van der Waals surface area contributed by atoms with Crippen LogP contribution in [0.4, 0.5) is 0 Å². The molecule has 84 valence electrons. The number of rotatable bonds is 3. The normalized spacial score (nSPS) is 27.5. The Hall–Kier alpha value is -0.760. The van der Waals surface area contributed by atoms with Gasteiger partial charge in [-0.1, -0.05) is 26.2 Å². The summed E-state index contributed by atoms with van der Waals surface area (Å²) < 4.78 is 5.07. The van der Waals surface area contributed by atoms with E-state index in [0.29, 0.717) is 6.04 Å². The van der Waals surface area contributed by atoms with E-state index in [4.69, 9.17) is 4.42 Å². The van der Waals surface area contributed by atoms with Gasteiger partial charge in [0.2, 0.25) is 0 Å². The Morgan fingerprint density at radius 3 is 3.00 bits per heavy atom. The second-order valence-electron chi connectivity index (χ2n) is 4.73. The molecule has 0 bridgehead atoms. The highest BCUT2D eigenvalue weighted by Gasteiger charge is 2.18. The Bertz CT molecular complexity index is 268. The maximum Gasteiger partial charge on any atom is 0.0947 e. The first-order valence-corrected chi connectivity index (χ1v) is 6.11. The quantitative estimate of drug-likeness (QED) is 0.769. The fourth-order valence-electron chi connectivity index (χ4n) is 2.44. The van der Waals surface area contributed by atoms with Crippen molar-refractivity contribution in [2.75, 3.05) is 0 Å². The maximum atomic E-state index is 5.07. The minimum atomic E-state index is 0.697. The van der Waals surface area contributed by atoms with Crippen LogP contribution >= 0.6 is 0 Å². The largest absolute Gasteiger partial charge is 0.472 e. The van der Waals surface area contributed by atoms with E-state index in [0.717, 1.165) is 12.5 Å². The van der Waals surface area contributed by atoms with E-state index in [2.05, 4.69) is 12.2 Å². The first-order chi connectivity index (χ1) is 7.36. The lowest BCUT2D eigenvalue weighted by atomic mass is 9.97. The zero-order valence-corrected chi connectivity index (χ0v) is 9.54. The summed E-state index contributed by atoms with van der Waals surface area (Å²) in [4.78, 5) is 0. The van der Waals surface area contributed by atoms with Gasteiger partial charge in [0.25, 0.3) is 0 Å². The zero-order valence-electron chi connectivity index (χ0n) is 9.54. The summed E-state index contributed by atoms with van der Waals surface area (Å²) in [6.45, 7) is 3.32. The smallest absolute Gasteiger partial charge is 0.0947 e. The van der Waals surface area contributed by atoms with Gasteiger partial charge in [-0.15, -0.1) is 0 Å². The van der Waals surface area contributed by atoms with E-state index in [9.17, 15) is 0 Å². The van der Waals surface area contributed by atoms with Crippen molar-refractivity contribution in [2.24, 2.45) is 5.92 Å². The molecule has 2 unspecified atom stereocenters. The topological polar surface area (TPSA) is 25.2 Å². The van der Waals surface area contributed by atoms with Crippen LogP contribution in [-0.4, -0.2) is 6.04 Å². The predicted octanol–water partition coefficient (Wildman–Crippen LogP) is 3.34. The van der Waals surface area contributed by atoms with Crippen LogP contribution in [0.5, 0.6) is 0 Å². The Morgan fingerprint density at radius 1 is 1.33 bits per heavy atom. The van der Waals surface area contributed by atoms with E-state index in [1.807, 2.05) is 12.3 Å². The molecule has 1 fully saturated rings. The van der Waals surface area contributed by atoms with E-state index in [1.165, 1.54) is 37.7 Å². The molecule has 0 aliphatic heterocycles. The van der Waals surface area contributed by atoms with Crippen molar-refractivity contribution in [1.82, 2.24) is 5.32 Å². The van der Waals surface area contributed by atoms with Gasteiger partial charge in [-0.3, -0.25) is 0 Å². The molecule has 0 saturated heterocycles. The summed E-state index contributed by atoms with van der Waals surface area (Å²) in [5, 5.41) is 3.65. The van der Waals surface area contributed by atoms with Gasteiger partial charge >= 0.3 is 0 Å². The summed E-state index contributed by atoms with van der Waals surface area (Å²) in [7, 11) is 0. The Balaban J connectivity index is 1.81. The minimum Gasteiger partial charge on any atom is -0.472 e. The van der Waals surface area contributed by atoms with Gasteiger partial charge < -0.3 is 9.73 Å². The Kier molecular flexibility index (Phi) is 3.84. The third kappa shape index (κ3) is 3.10. The number of furan rings is 1. The van der Waals surface area contributed by atoms with Gasteiger partial charge in [-0.25, -0.2) is 0 Å². The average molecular weight is 207 g/mol. The number of hydrogen-bond donors (Lipinski definition) is 1. The molecular formula is C13H21NO. The molecule has 1 saturated carbocycles. The van der Waals surface area contributed by atoms with Crippen molar-refractivity contribution < 1.29 is 4.42 Å². The summed E-state index contributed by atoms with van der Waals surface area (Å²) >= 11 is 0. The number of hydrogen-bond acceptors (Lipinski definition) is 2. The van der Waals surface area contributed by atoms with Crippen LogP contribution in [0.3, 0.4) is 0 Å². The van der Waals surface area contributed by atoms with Crippen LogP contribution in [0.15, 0.2) is 23.0 Å². The molecule has 0 radical (unpaired) electrons. The highest BCUT2D eigenvalue weighted by molar-refractivity contribution is 5.04. The van der Waals surface area contributed by atoms with E-state index in [1.54, 1.807) is 6.26 Å². The molecule has 1 heterocycles. The van der Waals surface area contributed by atoms with Gasteiger partial charge in [0.05, 0.1) is 12.5 Å². The lowest BCUT2D eigenvalue weighted by Crippen LogP contribution is -2.33.